The molecule has 3 aromatic heterocycles. The van der Waals surface area contributed by atoms with Gasteiger partial charge in [0.1, 0.15) is 5.58 Å². The highest BCUT2D eigenvalue weighted by molar-refractivity contribution is 6.05. The molecule has 0 aliphatic rings. The van der Waals surface area contributed by atoms with Crippen molar-refractivity contribution in [1.29, 1.82) is 0 Å². The minimum Gasteiger partial charge on any atom is -0.451 e. The van der Waals surface area contributed by atoms with Crippen LogP contribution in [-0.4, -0.2) is 20.7 Å². The largest absolute Gasteiger partial charge is 0.451 e. The first-order valence-corrected chi connectivity index (χ1v) is 8.43. The zero-order valence-electron chi connectivity index (χ0n) is 14.3. The molecule has 26 heavy (non-hydrogen) atoms. The van der Waals surface area contributed by atoms with E-state index in [9.17, 15) is 4.79 Å². The Balaban J connectivity index is 1.44. The summed E-state index contributed by atoms with van der Waals surface area (Å²) in [5, 5.41) is 8.13. The topological polar surface area (TPSA) is 73.0 Å². The average molecular weight is 346 g/mol. The molecular weight excluding hydrogens is 328 g/mol. The van der Waals surface area contributed by atoms with Crippen LogP contribution < -0.4 is 5.32 Å². The highest BCUT2D eigenvalue weighted by atomic mass is 16.3. The lowest BCUT2D eigenvalue weighted by molar-refractivity contribution is 0.0997. The number of hydrogen-bond donors (Lipinski definition) is 1. The molecule has 4 aromatic rings. The van der Waals surface area contributed by atoms with Crippen LogP contribution in [0.5, 0.6) is 0 Å². The molecule has 0 fully saturated rings. The van der Waals surface area contributed by atoms with Crippen molar-refractivity contribution < 1.29 is 9.21 Å². The third kappa shape index (κ3) is 3.21. The zero-order valence-corrected chi connectivity index (χ0v) is 14.3. The quantitative estimate of drug-likeness (QED) is 0.596. The summed E-state index contributed by atoms with van der Waals surface area (Å²) < 4.78 is 7.48. The number of para-hydroxylation sites is 1. The van der Waals surface area contributed by atoms with E-state index in [0.29, 0.717) is 23.7 Å². The molecule has 0 atom stereocenters. The molecule has 6 heteroatoms. The second-order valence-corrected chi connectivity index (χ2v) is 6.04. The van der Waals surface area contributed by atoms with E-state index >= 15 is 0 Å². The van der Waals surface area contributed by atoms with Crippen LogP contribution in [-0.2, 0) is 13.0 Å². The van der Waals surface area contributed by atoms with Crippen LogP contribution >= 0.6 is 0 Å². The van der Waals surface area contributed by atoms with E-state index in [2.05, 4.69) is 15.4 Å². The normalized spacial score (nSPS) is 11.0. The van der Waals surface area contributed by atoms with Gasteiger partial charge in [-0.2, -0.15) is 5.10 Å². The summed E-state index contributed by atoms with van der Waals surface area (Å²) in [6, 6.07) is 15.2. The maximum Gasteiger partial charge on any atom is 0.292 e. The van der Waals surface area contributed by atoms with E-state index in [1.54, 1.807) is 16.9 Å². The van der Waals surface area contributed by atoms with Crippen molar-refractivity contribution in [3.8, 4) is 0 Å². The number of amides is 1. The number of carbonyl (C=O) groups is 1. The summed E-state index contributed by atoms with van der Waals surface area (Å²) in [4.78, 5) is 16.8. The first-order valence-electron chi connectivity index (χ1n) is 8.43. The SMILES string of the molecule is Cc1c(C(=O)Nc2ccn(CCc3ccccn3)n2)oc2ccccc12. The van der Waals surface area contributed by atoms with Gasteiger partial charge in [0.2, 0.25) is 0 Å². The number of carbonyl (C=O) groups excluding carboxylic acids is 1. The van der Waals surface area contributed by atoms with Gasteiger partial charge in [-0.3, -0.25) is 14.5 Å². The molecule has 0 aliphatic carbocycles. The van der Waals surface area contributed by atoms with Crippen LogP contribution in [0.15, 0.2) is 65.3 Å². The number of rotatable bonds is 5. The predicted octanol–water partition coefficient (Wildman–Crippen LogP) is 3.83. The predicted molar refractivity (Wildman–Crippen MR) is 99.1 cm³/mol. The van der Waals surface area contributed by atoms with Crippen LogP contribution in [0.4, 0.5) is 5.82 Å². The Morgan fingerprint density at radius 3 is 2.81 bits per heavy atom. The monoisotopic (exact) mass is 346 g/mol. The van der Waals surface area contributed by atoms with Crippen molar-refractivity contribution in [1.82, 2.24) is 14.8 Å². The molecule has 1 amide bonds. The van der Waals surface area contributed by atoms with Crippen LogP contribution in [0.25, 0.3) is 11.0 Å². The molecular formula is C20H18N4O2. The number of aryl methyl sites for hydroxylation is 3. The van der Waals surface area contributed by atoms with Gasteiger partial charge in [0.25, 0.3) is 5.91 Å². The Morgan fingerprint density at radius 1 is 1.15 bits per heavy atom. The molecule has 0 bridgehead atoms. The Labute approximate surface area is 150 Å². The fourth-order valence-corrected chi connectivity index (χ4v) is 2.89. The van der Waals surface area contributed by atoms with Crippen molar-refractivity contribution >= 4 is 22.7 Å². The number of nitrogens with one attached hydrogen (secondary N) is 1. The van der Waals surface area contributed by atoms with Gasteiger partial charge >= 0.3 is 0 Å². The van der Waals surface area contributed by atoms with Crippen LogP contribution in [0.3, 0.4) is 0 Å². The summed E-state index contributed by atoms with van der Waals surface area (Å²) >= 11 is 0. The Hall–Kier alpha value is -3.41. The third-order valence-electron chi connectivity index (χ3n) is 4.26. The zero-order chi connectivity index (χ0) is 17.9. The molecule has 6 nitrogen and oxygen atoms in total. The van der Waals surface area contributed by atoms with Gasteiger partial charge in [0.05, 0.1) is 0 Å². The smallest absolute Gasteiger partial charge is 0.292 e. The van der Waals surface area contributed by atoms with Crippen LogP contribution in [0.2, 0.25) is 0 Å². The first-order chi connectivity index (χ1) is 12.7. The molecule has 0 unspecified atom stereocenters. The molecule has 0 radical (unpaired) electrons. The van der Waals surface area contributed by atoms with E-state index in [1.807, 2.05) is 55.6 Å². The van der Waals surface area contributed by atoms with E-state index in [4.69, 9.17) is 4.42 Å². The number of fused-ring (bicyclic) bond motifs is 1. The molecule has 0 saturated heterocycles. The molecule has 3 heterocycles. The summed E-state index contributed by atoms with van der Waals surface area (Å²) in [5.41, 5.74) is 2.54. The van der Waals surface area contributed by atoms with Crippen molar-refractivity contribution in [3.05, 3.63) is 77.9 Å². The minimum absolute atomic E-state index is 0.298. The van der Waals surface area contributed by atoms with Crippen molar-refractivity contribution in [2.24, 2.45) is 0 Å². The van der Waals surface area contributed by atoms with E-state index in [0.717, 1.165) is 23.1 Å². The van der Waals surface area contributed by atoms with Gasteiger partial charge in [-0.25, -0.2) is 0 Å². The lowest BCUT2D eigenvalue weighted by Crippen LogP contribution is -2.13. The molecule has 1 aromatic carbocycles. The van der Waals surface area contributed by atoms with Gasteiger partial charge in [-0.15, -0.1) is 0 Å². The molecule has 4 rings (SSSR count). The van der Waals surface area contributed by atoms with E-state index in [1.165, 1.54) is 0 Å². The Morgan fingerprint density at radius 2 is 2.00 bits per heavy atom. The van der Waals surface area contributed by atoms with Crippen LogP contribution in [0, 0.1) is 6.92 Å². The molecule has 0 saturated carbocycles. The number of pyridine rings is 1. The fraction of sp³-hybridized carbons (Fsp3) is 0.150. The second-order valence-electron chi connectivity index (χ2n) is 6.04. The maximum atomic E-state index is 12.5. The molecule has 0 aliphatic heterocycles. The summed E-state index contributed by atoms with van der Waals surface area (Å²) in [7, 11) is 0. The second kappa shape index (κ2) is 6.84. The Kier molecular flexibility index (Phi) is 4.23. The third-order valence-corrected chi connectivity index (χ3v) is 4.26. The molecule has 1 N–H and O–H groups in total. The number of aromatic nitrogens is 3. The van der Waals surface area contributed by atoms with E-state index in [-0.39, 0.29) is 5.91 Å². The van der Waals surface area contributed by atoms with Gasteiger partial charge in [-0.1, -0.05) is 24.3 Å². The Bertz CT molecular complexity index is 1050. The number of benzene rings is 1. The lowest BCUT2D eigenvalue weighted by atomic mass is 10.1. The standard InChI is InChI=1S/C20H18N4O2/c1-14-16-7-2-3-8-17(16)26-19(14)20(25)22-18-10-13-24(23-18)12-9-15-6-4-5-11-21-15/h2-8,10-11,13H,9,12H2,1H3,(H,22,23,25). The van der Waals surface area contributed by atoms with Gasteiger partial charge in [0.15, 0.2) is 11.6 Å². The summed E-state index contributed by atoms with van der Waals surface area (Å²) in [6.07, 6.45) is 4.39. The fourth-order valence-electron chi connectivity index (χ4n) is 2.89. The van der Waals surface area contributed by atoms with Crippen molar-refractivity contribution in [2.45, 2.75) is 19.9 Å². The number of furan rings is 1. The number of anilines is 1. The number of hydrogen-bond acceptors (Lipinski definition) is 4. The average Bonchev–Trinajstić information content (AvgIpc) is 3.25. The minimum atomic E-state index is -0.298. The summed E-state index contributed by atoms with van der Waals surface area (Å²) in [6.45, 7) is 2.57. The highest BCUT2D eigenvalue weighted by Gasteiger charge is 2.18. The highest BCUT2D eigenvalue weighted by Crippen LogP contribution is 2.25. The van der Waals surface area contributed by atoms with E-state index < -0.39 is 0 Å². The maximum absolute atomic E-state index is 12.5. The summed E-state index contributed by atoms with van der Waals surface area (Å²) in [5.74, 6) is 0.513. The van der Waals surface area contributed by atoms with Crippen LogP contribution in [0.1, 0.15) is 21.8 Å². The number of nitrogens with zero attached hydrogens (tertiary/aromatic N) is 3. The lowest BCUT2D eigenvalue weighted by Gasteiger charge is -2.02. The van der Waals surface area contributed by atoms with Gasteiger partial charge < -0.3 is 9.73 Å². The van der Waals surface area contributed by atoms with Crippen molar-refractivity contribution in [2.75, 3.05) is 5.32 Å². The first kappa shape index (κ1) is 16.1. The van der Waals surface area contributed by atoms with Gasteiger partial charge in [-0.05, 0) is 25.1 Å². The molecule has 130 valence electrons. The van der Waals surface area contributed by atoms with Crippen molar-refractivity contribution in [3.63, 3.8) is 0 Å². The van der Waals surface area contributed by atoms with Gasteiger partial charge in [0, 0.05) is 48.1 Å². The molecule has 0 spiro atoms.